The lowest BCUT2D eigenvalue weighted by Gasteiger charge is -2.02. The maximum absolute atomic E-state index is 11.1. The van der Waals surface area contributed by atoms with E-state index >= 15 is 0 Å². The first-order chi connectivity index (χ1) is 5.54. The third-order valence-corrected chi connectivity index (χ3v) is 1.51. The zero-order chi connectivity index (χ0) is 11.3. The van der Waals surface area contributed by atoms with Gasteiger partial charge in [-0.05, 0) is 0 Å². The van der Waals surface area contributed by atoms with Crippen molar-refractivity contribution < 1.29 is 30.1 Å². The minimum Gasteiger partial charge on any atom is -0.429 e. The molecule has 0 aliphatic carbocycles. The predicted molar refractivity (Wildman–Crippen MR) is 40.8 cm³/mol. The van der Waals surface area contributed by atoms with Crippen LogP contribution in [0, 0.1) is 0 Å². The van der Waals surface area contributed by atoms with Crippen molar-refractivity contribution >= 4 is 10.1 Å². The summed E-state index contributed by atoms with van der Waals surface area (Å²) < 4.78 is 58.4. The van der Waals surface area contributed by atoms with Crippen molar-refractivity contribution in [3.8, 4) is 0 Å². The van der Waals surface area contributed by atoms with Gasteiger partial charge in [-0.3, -0.25) is 4.18 Å². The molecule has 0 unspecified atom stereocenters. The summed E-state index contributed by atoms with van der Waals surface area (Å²) in [6.45, 7) is 0. The fourth-order valence-corrected chi connectivity index (χ4v) is 0.283. The molecule has 4 nitrogen and oxygen atoms in total. The molecule has 0 spiro atoms. The lowest BCUT2D eigenvalue weighted by atomic mass is 11.4. The monoisotopic (exact) mass is 225 g/mol. The highest BCUT2D eigenvalue weighted by Gasteiger charge is 2.46. The van der Waals surface area contributed by atoms with E-state index in [1.54, 1.807) is 0 Å². The molecule has 0 aliphatic heterocycles. The maximum atomic E-state index is 11.1. The molecular weight excluding hydrogens is 213 g/mol. The number of hydrogen-bond acceptors (Lipinski definition) is 3. The summed E-state index contributed by atoms with van der Waals surface area (Å²) >= 11 is 0. The van der Waals surface area contributed by atoms with Crippen molar-refractivity contribution in [2.45, 2.75) is 5.51 Å². The number of halogens is 3. The van der Waals surface area contributed by atoms with Crippen molar-refractivity contribution in [1.82, 2.24) is 0 Å². The van der Waals surface area contributed by atoms with Crippen LogP contribution in [0.1, 0.15) is 0 Å². The first-order valence-corrected chi connectivity index (χ1v) is 4.31. The summed E-state index contributed by atoms with van der Waals surface area (Å²) in [7, 11) is 0.862. The fraction of sp³-hybridized carbons (Fsp3) is 1.00. The van der Waals surface area contributed by atoms with E-state index in [2.05, 4.69) is 8.55 Å². The van der Waals surface area contributed by atoms with Gasteiger partial charge in [0, 0.05) is 0 Å². The topological polar surface area (TPSA) is 46.1 Å². The van der Waals surface area contributed by atoms with Gasteiger partial charge in [-0.25, -0.2) is 0 Å². The van der Waals surface area contributed by atoms with Crippen LogP contribution in [0.2, 0.25) is 0 Å². The highest BCUT2D eigenvalue weighted by Crippen LogP contribution is 2.23. The Morgan fingerprint density at radius 1 is 1.15 bits per heavy atom. The maximum Gasteiger partial charge on any atom is 0.523 e. The quantitative estimate of drug-likeness (QED) is 0.378. The highest BCUT2D eigenvalue weighted by molar-refractivity contribution is 7.87. The molecule has 0 saturated heterocycles. The summed E-state index contributed by atoms with van der Waals surface area (Å²) in [6.07, 6.45) is 0. The first-order valence-electron chi connectivity index (χ1n) is 2.90. The van der Waals surface area contributed by atoms with E-state index in [1.165, 1.54) is 0 Å². The molecule has 0 N–H and O–H groups in total. The molecule has 0 fully saturated rings. The van der Waals surface area contributed by atoms with E-state index < -0.39 is 15.6 Å². The van der Waals surface area contributed by atoms with Gasteiger partial charge in [-0.2, -0.15) is 21.6 Å². The van der Waals surface area contributed by atoms with Crippen LogP contribution in [-0.4, -0.2) is 42.4 Å². The van der Waals surface area contributed by atoms with Crippen LogP contribution in [0.25, 0.3) is 0 Å². The molecule has 0 aromatic heterocycles. The number of rotatable bonds is 1. The Morgan fingerprint density at radius 2 is 1.38 bits per heavy atom. The number of alkyl halides is 3. The Bertz CT molecular complexity index is 216. The largest absolute Gasteiger partial charge is 0.523 e. The summed E-state index contributed by atoms with van der Waals surface area (Å²) in [4.78, 5) is 0. The van der Waals surface area contributed by atoms with Gasteiger partial charge in [0.1, 0.15) is 21.3 Å². The Hall–Kier alpha value is -0.340. The van der Waals surface area contributed by atoms with Gasteiger partial charge in [-0.15, -0.1) is 0 Å². The van der Waals surface area contributed by atoms with Gasteiger partial charge < -0.3 is 4.37 Å². The Balaban J connectivity index is 0. The molecule has 0 bridgehead atoms. The molecule has 13 heavy (non-hydrogen) atoms. The third kappa shape index (κ3) is 8.00. The summed E-state index contributed by atoms with van der Waals surface area (Å²) in [5, 5.41) is 0. The van der Waals surface area contributed by atoms with Crippen molar-refractivity contribution in [1.29, 1.82) is 0 Å². The summed E-state index contributed by atoms with van der Waals surface area (Å²) in [5.41, 5.74) is -5.30. The van der Waals surface area contributed by atoms with E-state index in [0.29, 0.717) is 7.11 Å². The molecule has 0 rings (SSSR count). The summed E-state index contributed by atoms with van der Waals surface area (Å²) in [6, 6.07) is 0. The number of hydrogen-bond donors (Lipinski definition) is 0. The Morgan fingerprint density at radius 3 is 1.38 bits per heavy atom. The molecule has 0 radical (unpaired) electrons. The van der Waals surface area contributed by atoms with Crippen LogP contribution in [-0.2, 0) is 18.7 Å². The van der Waals surface area contributed by atoms with E-state index in [-0.39, 0.29) is 0 Å². The lowest BCUT2D eigenvalue weighted by Crippen LogP contribution is -2.23. The molecule has 0 aromatic carbocycles. The van der Waals surface area contributed by atoms with Gasteiger partial charge in [0.25, 0.3) is 0 Å². The van der Waals surface area contributed by atoms with Crippen molar-refractivity contribution in [3.05, 3.63) is 0 Å². The second-order valence-corrected chi connectivity index (χ2v) is 4.00. The van der Waals surface area contributed by atoms with Crippen molar-refractivity contribution in [2.24, 2.45) is 0 Å². The molecular formula is C5H12F3O4S+. The second-order valence-electron chi connectivity index (χ2n) is 2.29. The average molecular weight is 225 g/mol. The van der Waals surface area contributed by atoms with Crippen LogP contribution in [0.4, 0.5) is 13.2 Å². The fourth-order valence-electron chi connectivity index (χ4n) is 0.0945. The Kier molecular flexibility index (Phi) is 6.30. The normalized spacial score (nSPS) is 12.3. The molecule has 0 aliphatic rings. The molecule has 0 amide bonds. The van der Waals surface area contributed by atoms with Gasteiger partial charge in [-0.1, -0.05) is 0 Å². The molecule has 0 atom stereocenters. The zero-order valence-electron chi connectivity index (χ0n) is 7.68. The van der Waals surface area contributed by atoms with Gasteiger partial charge >= 0.3 is 15.6 Å². The van der Waals surface area contributed by atoms with E-state index in [9.17, 15) is 21.6 Å². The standard InChI is InChI=1S/C3H9O.C2H3F3O3S/c1-4(2)3;1-8-9(6,7)2(3,4)5/h1-3H3;1H3/q+1;. The average Bonchev–Trinajstić information content (AvgIpc) is 1.84. The predicted octanol–water partition coefficient (Wildman–Crippen LogP) is 0.911. The smallest absolute Gasteiger partial charge is 0.429 e. The van der Waals surface area contributed by atoms with Crippen LogP contribution in [0.3, 0.4) is 0 Å². The second kappa shape index (κ2) is 5.40. The van der Waals surface area contributed by atoms with E-state index in [1.807, 2.05) is 21.3 Å². The molecule has 0 aromatic rings. The molecule has 8 heteroatoms. The van der Waals surface area contributed by atoms with E-state index in [0.717, 1.165) is 0 Å². The third-order valence-electron chi connectivity index (χ3n) is 0.503. The van der Waals surface area contributed by atoms with Crippen LogP contribution >= 0.6 is 0 Å². The van der Waals surface area contributed by atoms with Crippen molar-refractivity contribution in [3.63, 3.8) is 0 Å². The molecule has 82 valence electrons. The lowest BCUT2D eigenvalue weighted by molar-refractivity contribution is -0.0526. The van der Waals surface area contributed by atoms with Crippen molar-refractivity contribution in [2.75, 3.05) is 28.4 Å². The van der Waals surface area contributed by atoms with Crippen LogP contribution in [0.5, 0.6) is 0 Å². The first kappa shape index (κ1) is 15.1. The van der Waals surface area contributed by atoms with E-state index in [4.69, 9.17) is 0 Å². The molecule has 0 heterocycles. The zero-order valence-corrected chi connectivity index (χ0v) is 8.49. The molecule has 0 saturated carbocycles. The minimum atomic E-state index is -5.34. The van der Waals surface area contributed by atoms with Gasteiger partial charge in [0.05, 0.1) is 7.11 Å². The minimum absolute atomic E-state index is 0.447. The van der Waals surface area contributed by atoms with Crippen LogP contribution in [0.15, 0.2) is 0 Å². The highest BCUT2D eigenvalue weighted by atomic mass is 32.2. The van der Waals surface area contributed by atoms with Gasteiger partial charge in [0.15, 0.2) is 0 Å². The Labute approximate surface area is 75.1 Å². The van der Waals surface area contributed by atoms with Gasteiger partial charge in [0.2, 0.25) is 0 Å². The van der Waals surface area contributed by atoms with Crippen LogP contribution < -0.4 is 0 Å². The SMILES string of the molecule is COS(=O)(=O)C(F)(F)F.C[O+](C)C. The summed E-state index contributed by atoms with van der Waals surface area (Å²) in [5.74, 6) is 0.